The minimum atomic E-state index is 0.458. The van der Waals surface area contributed by atoms with Crippen LogP contribution in [0.25, 0.3) is 0 Å². The Kier molecular flexibility index (Phi) is 2.98. The zero-order valence-electron chi connectivity index (χ0n) is 9.49. The van der Waals surface area contributed by atoms with Crippen LogP contribution in [-0.2, 0) is 6.54 Å². The monoisotopic (exact) mass is 225 g/mol. The summed E-state index contributed by atoms with van der Waals surface area (Å²) in [7, 11) is 0. The third kappa shape index (κ3) is 2.92. The summed E-state index contributed by atoms with van der Waals surface area (Å²) in [5.41, 5.74) is 7.20. The lowest BCUT2D eigenvalue weighted by Crippen LogP contribution is -2.39. The standard InChI is InChI=1S/C11H19N3S/c1-11(2)4-3-5-14(8-11)6-9-7-15-10(12)13-9/h7H,3-6,8H2,1-2H3,(H2,12,13). The summed E-state index contributed by atoms with van der Waals surface area (Å²) >= 11 is 1.53. The quantitative estimate of drug-likeness (QED) is 0.840. The summed E-state index contributed by atoms with van der Waals surface area (Å²) in [4.78, 5) is 6.79. The zero-order valence-corrected chi connectivity index (χ0v) is 10.3. The van der Waals surface area contributed by atoms with E-state index in [0.29, 0.717) is 10.5 Å². The van der Waals surface area contributed by atoms with Gasteiger partial charge in [-0.3, -0.25) is 4.90 Å². The summed E-state index contributed by atoms with van der Waals surface area (Å²) < 4.78 is 0. The first-order valence-corrected chi connectivity index (χ1v) is 6.35. The second-order valence-corrected chi connectivity index (χ2v) is 6.05. The molecule has 1 aromatic rings. The van der Waals surface area contributed by atoms with Crippen molar-refractivity contribution in [3.05, 3.63) is 11.1 Å². The van der Waals surface area contributed by atoms with E-state index >= 15 is 0 Å². The molecule has 0 aromatic carbocycles. The van der Waals surface area contributed by atoms with Gasteiger partial charge in [-0.2, -0.15) is 0 Å². The molecular formula is C11H19N3S. The van der Waals surface area contributed by atoms with Gasteiger partial charge in [-0.05, 0) is 24.8 Å². The van der Waals surface area contributed by atoms with Gasteiger partial charge in [0.15, 0.2) is 5.13 Å². The van der Waals surface area contributed by atoms with Crippen molar-refractivity contribution in [3.63, 3.8) is 0 Å². The average molecular weight is 225 g/mol. The summed E-state index contributed by atoms with van der Waals surface area (Å²) in [5, 5.41) is 2.75. The summed E-state index contributed by atoms with van der Waals surface area (Å²) in [6.07, 6.45) is 2.63. The van der Waals surface area contributed by atoms with Crippen LogP contribution in [0.5, 0.6) is 0 Å². The molecule has 15 heavy (non-hydrogen) atoms. The molecule has 0 bridgehead atoms. The van der Waals surface area contributed by atoms with Gasteiger partial charge in [0, 0.05) is 18.5 Å². The fraction of sp³-hybridized carbons (Fsp3) is 0.727. The molecule has 0 saturated carbocycles. The van der Waals surface area contributed by atoms with E-state index in [1.165, 1.54) is 37.3 Å². The molecule has 0 spiro atoms. The van der Waals surface area contributed by atoms with Crippen LogP contribution in [0.2, 0.25) is 0 Å². The Balaban J connectivity index is 1.95. The van der Waals surface area contributed by atoms with Crippen molar-refractivity contribution in [3.8, 4) is 0 Å². The van der Waals surface area contributed by atoms with Crippen LogP contribution in [0.15, 0.2) is 5.38 Å². The minimum absolute atomic E-state index is 0.458. The third-order valence-corrected chi connectivity index (χ3v) is 3.66. The first kappa shape index (κ1) is 10.9. The van der Waals surface area contributed by atoms with E-state index in [1.54, 1.807) is 0 Å². The van der Waals surface area contributed by atoms with Crippen LogP contribution >= 0.6 is 11.3 Å². The molecule has 2 heterocycles. The number of nitrogen functional groups attached to an aromatic ring is 1. The second-order valence-electron chi connectivity index (χ2n) is 5.16. The smallest absolute Gasteiger partial charge is 0.180 e. The number of rotatable bonds is 2. The lowest BCUT2D eigenvalue weighted by Gasteiger charge is -2.37. The van der Waals surface area contributed by atoms with Crippen molar-refractivity contribution in [2.24, 2.45) is 5.41 Å². The number of hydrogen-bond acceptors (Lipinski definition) is 4. The van der Waals surface area contributed by atoms with Crippen LogP contribution in [0, 0.1) is 5.41 Å². The van der Waals surface area contributed by atoms with Gasteiger partial charge in [0.05, 0.1) is 5.69 Å². The number of thiazole rings is 1. The summed E-state index contributed by atoms with van der Waals surface area (Å²) in [6, 6.07) is 0. The predicted octanol–water partition coefficient (Wildman–Crippen LogP) is 2.35. The lowest BCUT2D eigenvalue weighted by molar-refractivity contribution is 0.111. The summed E-state index contributed by atoms with van der Waals surface area (Å²) in [5.74, 6) is 0. The number of piperidine rings is 1. The van der Waals surface area contributed by atoms with Crippen LogP contribution in [0.1, 0.15) is 32.4 Å². The van der Waals surface area contributed by atoms with E-state index < -0.39 is 0 Å². The number of aromatic nitrogens is 1. The average Bonchev–Trinajstić information content (AvgIpc) is 2.49. The Hall–Kier alpha value is -0.610. The number of anilines is 1. The van der Waals surface area contributed by atoms with Gasteiger partial charge in [0.25, 0.3) is 0 Å². The molecule has 1 saturated heterocycles. The van der Waals surface area contributed by atoms with Crippen molar-refractivity contribution in [1.82, 2.24) is 9.88 Å². The first-order chi connectivity index (χ1) is 7.05. The second kappa shape index (κ2) is 4.10. The Labute approximate surface area is 95.3 Å². The molecule has 3 nitrogen and oxygen atoms in total. The fourth-order valence-corrected chi connectivity index (χ4v) is 2.86. The van der Waals surface area contributed by atoms with Crippen molar-refractivity contribution in [2.45, 2.75) is 33.2 Å². The van der Waals surface area contributed by atoms with Gasteiger partial charge in [-0.15, -0.1) is 11.3 Å². The predicted molar refractivity (Wildman–Crippen MR) is 64.8 cm³/mol. The molecule has 0 atom stereocenters. The van der Waals surface area contributed by atoms with Gasteiger partial charge in [-0.25, -0.2) is 4.98 Å². The van der Waals surface area contributed by atoms with Crippen LogP contribution in [0.4, 0.5) is 5.13 Å². The lowest BCUT2D eigenvalue weighted by atomic mass is 9.84. The maximum absolute atomic E-state index is 5.63. The zero-order chi connectivity index (χ0) is 10.9. The van der Waals surface area contributed by atoms with Gasteiger partial charge in [-0.1, -0.05) is 13.8 Å². The van der Waals surface area contributed by atoms with E-state index in [9.17, 15) is 0 Å². The van der Waals surface area contributed by atoms with E-state index in [0.717, 1.165) is 12.2 Å². The fourth-order valence-electron chi connectivity index (χ4n) is 2.30. The molecule has 2 rings (SSSR count). The van der Waals surface area contributed by atoms with Gasteiger partial charge in [0.1, 0.15) is 0 Å². The van der Waals surface area contributed by atoms with Gasteiger partial charge < -0.3 is 5.73 Å². The van der Waals surface area contributed by atoms with Crippen molar-refractivity contribution in [2.75, 3.05) is 18.8 Å². The van der Waals surface area contributed by atoms with E-state index in [1.807, 2.05) is 0 Å². The molecule has 0 radical (unpaired) electrons. The Morgan fingerprint density at radius 1 is 1.60 bits per heavy atom. The molecule has 0 unspecified atom stereocenters. The molecule has 1 fully saturated rings. The number of nitrogens with two attached hydrogens (primary N) is 1. The van der Waals surface area contributed by atoms with Gasteiger partial charge >= 0.3 is 0 Å². The highest BCUT2D eigenvalue weighted by molar-refractivity contribution is 7.13. The van der Waals surface area contributed by atoms with E-state index in [4.69, 9.17) is 5.73 Å². The molecule has 0 aliphatic carbocycles. The van der Waals surface area contributed by atoms with Crippen molar-refractivity contribution >= 4 is 16.5 Å². The molecule has 1 aromatic heterocycles. The van der Waals surface area contributed by atoms with E-state index in [-0.39, 0.29) is 0 Å². The first-order valence-electron chi connectivity index (χ1n) is 5.47. The van der Waals surface area contributed by atoms with Crippen LogP contribution in [0.3, 0.4) is 0 Å². The highest BCUT2D eigenvalue weighted by atomic mass is 32.1. The highest BCUT2D eigenvalue weighted by Gasteiger charge is 2.26. The molecule has 84 valence electrons. The number of hydrogen-bond donors (Lipinski definition) is 1. The molecule has 1 aliphatic heterocycles. The number of likely N-dealkylation sites (tertiary alicyclic amines) is 1. The SMILES string of the molecule is CC1(C)CCCN(Cc2csc(N)n2)C1. The van der Waals surface area contributed by atoms with Crippen molar-refractivity contribution in [1.29, 1.82) is 0 Å². The summed E-state index contributed by atoms with van der Waals surface area (Å²) in [6.45, 7) is 8.01. The van der Waals surface area contributed by atoms with Crippen LogP contribution < -0.4 is 5.73 Å². The normalized spacial score (nSPS) is 21.7. The maximum Gasteiger partial charge on any atom is 0.180 e. The Bertz CT molecular complexity index is 332. The number of nitrogens with zero attached hydrogens (tertiary/aromatic N) is 2. The minimum Gasteiger partial charge on any atom is -0.375 e. The highest BCUT2D eigenvalue weighted by Crippen LogP contribution is 2.29. The largest absolute Gasteiger partial charge is 0.375 e. The third-order valence-electron chi connectivity index (χ3n) is 2.93. The molecule has 2 N–H and O–H groups in total. The maximum atomic E-state index is 5.63. The van der Waals surface area contributed by atoms with Crippen molar-refractivity contribution < 1.29 is 0 Å². The van der Waals surface area contributed by atoms with E-state index in [2.05, 4.69) is 29.1 Å². The topological polar surface area (TPSA) is 42.1 Å². The van der Waals surface area contributed by atoms with Crippen LogP contribution in [-0.4, -0.2) is 23.0 Å². The Morgan fingerprint density at radius 2 is 2.40 bits per heavy atom. The Morgan fingerprint density at radius 3 is 3.00 bits per heavy atom. The molecule has 0 amide bonds. The molecule has 4 heteroatoms. The van der Waals surface area contributed by atoms with Gasteiger partial charge in [0.2, 0.25) is 0 Å². The molecule has 1 aliphatic rings. The molecular weight excluding hydrogens is 206 g/mol.